The Morgan fingerprint density at radius 1 is 0.759 bits per heavy atom. The number of amides is 3. The highest BCUT2D eigenvalue weighted by Crippen LogP contribution is 2.22. The van der Waals surface area contributed by atoms with Crippen LogP contribution in [0.25, 0.3) is 0 Å². The van der Waals surface area contributed by atoms with E-state index in [9.17, 15) is 28.8 Å². The molecular weight excluding hydrogens is 708 g/mol. The first-order valence-electron chi connectivity index (χ1n) is 15.7. The molecule has 4 aromatic rings. The number of carboxylic acid groups (broad SMARTS) is 2. The fourth-order valence-electron chi connectivity index (χ4n) is 4.35. The number of nitrogens with zero attached hydrogens (tertiary/aromatic N) is 4. The minimum Gasteiger partial charge on any atom is -0.478 e. The molecular formula is C35H46N8O11. The number of carboxylic acids is 2. The lowest BCUT2D eigenvalue weighted by Gasteiger charge is -2.14. The minimum absolute atomic E-state index is 0. The summed E-state index contributed by atoms with van der Waals surface area (Å²) in [5, 5.41) is 39.7. The van der Waals surface area contributed by atoms with Gasteiger partial charge in [-0.3, -0.25) is 19.2 Å². The Hall–Kier alpha value is -6.34. The van der Waals surface area contributed by atoms with Crippen molar-refractivity contribution in [2.45, 2.75) is 78.9 Å². The van der Waals surface area contributed by atoms with Gasteiger partial charge in [-0.05, 0) is 49.7 Å². The van der Waals surface area contributed by atoms with E-state index in [-0.39, 0.29) is 79.3 Å². The molecule has 0 radical (unpaired) electrons. The number of primary amides is 1. The molecule has 9 N–H and O–H groups in total. The first-order valence-corrected chi connectivity index (χ1v) is 15.7. The highest BCUT2D eigenvalue weighted by molar-refractivity contribution is 5.98. The first kappa shape index (κ1) is 45.7. The van der Waals surface area contributed by atoms with Gasteiger partial charge in [0.15, 0.2) is 11.6 Å². The number of aromatic nitrogens is 4. The molecule has 19 nitrogen and oxygen atoms in total. The molecule has 2 heterocycles. The maximum atomic E-state index is 12.5. The lowest BCUT2D eigenvalue weighted by Crippen LogP contribution is -2.32. The highest BCUT2D eigenvalue weighted by Gasteiger charge is 2.27. The average molecular weight is 755 g/mol. The second-order valence-corrected chi connectivity index (χ2v) is 11.5. The molecule has 54 heavy (non-hydrogen) atoms. The summed E-state index contributed by atoms with van der Waals surface area (Å²) in [5.41, 5.74) is 10.9. The third-order valence-electron chi connectivity index (χ3n) is 7.34. The van der Waals surface area contributed by atoms with Gasteiger partial charge in [0.1, 0.15) is 17.9 Å². The molecule has 0 aliphatic heterocycles. The third kappa shape index (κ3) is 13.0. The van der Waals surface area contributed by atoms with E-state index in [4.69, 9.17) is 35.8 Å². The quantitative estimate of drug-likeness (QED) is 0.0864. The number of aromatic carboxylic acids is 2. The lowest BCUT2D eigenvalue weighted by atomic mass is 10.1. The van der Waals surface area contributed by atoms with Crippen LogP contribution in [0.3, 0.4) is 0 Å². The molecule has 0 aliphatic rings. The zero-order valence-electron chi connectivity index (χ0n) is 28.3. The van der Waals surface area contributed by atoms with Crippen molar-refractivity contribution >= 4 is 35.4 Å². The number of hydrogen-bond donors (Lipinski definition) is 7. The normalized spacial score (nSPS) is 12.5. The van der Waals surface area contributed by atoms with E-state index in [1.807, 2.05) is 13.8 Å². The minimum atomic E-state index is -1.19. The van der Waals surface area contributed by atoms with E-state index in [0.29, 0.717) is 5.82 Å². The molecule has 0 saturated heterocycles. The predicted molar refractivity (Wildman–Crippen MR) is 191 cm³/mol. The monoisotopic (exact) mass is 754 g/mol. The molecule has 0 spiro atoms. The number of benzene rings is 2. The molecule has 0 aliphatic carbocycles. The van der Waals surface area contributed by atoms with Crippen molar-refractivity contribution in [3.8, 4) is 0 Å². The van der Waals surface area contributed by atoms with E-state index in [1.54, 1.807) is 0 Å². The van der Waals surface area contributed by atoms with Gasteiger partial charge in [0.25, 0.3) is 11.8 Å². The van der Waals surface area contributed by atoms with Crippen LogP contribution in [0.4, 0.5) is 0 Å². The molecule has 0 saturated carbocycles. The Morgan fingerprint density at radius 2 is 1.19 bits per heavy atom. The Balaban J connectivity index is 0.000000521. The second-order valence-electron chi connectivity index (χ2n) is 11.5. The number of aliphatic hydroxyl groups is 1. The Bertz CT molecular complexity index is 1770. The van der Waals surface area contributed by atoms with Crippen molar-refractivity contribution in [1.82, 2.24) is 30.9 Å². The van der Waals surface area contributed by atoms with Crippen molar-refractivity contribution in [2.75, 3.05) is 6.61 Å². The number of Topliss-reactive ketones (excluding diaryl/α,β-unsaturated/α-hetero) is 1. The molecule has 292 valence electrons. The first-order chi connectivity index (χ1) is 24.6. The van der Waals surface area contributed by atoms with Gasteiger partial charge in [-0.1, -0.05) is 51.1 Å². The average Bonchev–Trinajstić information content (AvgIpc) is 3.82. The smallest absolute Gasteiger partial charge is 0.335 e. The Morgan fingerprint density at radius 3 is 1.59 bits per heavy atom. The number of nitrogens with one attached hydrogen (secondary N) is 2. The number of ketones is 1. The molecule has 4 atom stereocenters. The molecule has 19 heteroatoms. The molecule has 0 unspecified atom stereocenters. The molecule has 0 bridgehead atoms. The topological polar surface area (TPSA) is 317 Å². The summed E-state index contributed by atoms with van der Waals surface area (Å²) >= 11 is 0. The Labute approximate surface area is 310 Å². The van der Waals surface area contributed by atoms with Gasteiger partial charge in [0.2, 0.25) is 17.7 Å². The molecule has 2 aromatic heterocycles. The van der Waals surface area contributed by atoms with Crippen LogP contribution in [0.1, 0.15) is 144 Å². The summed E-state index contributed by atoms with van der Waals surface area (Å²) in [7, 11) is 0. The summed E-state index contributed by atoms with van der Waals surface area (Å²) in [6.07, 6.45) is 0.484. The predicted octanol–water partition coefficient (Wildman–Crippen LogP) is 3.11. The Kier molecular flexibility index (Phi) is 18.0. The van der Waals surface area contributed by atoms with Crippen LogP contribution in [0.15, 0.2) is 57.6 Å². The fraction of sp³-hybridized carbons (Fsp3) is 0.371. The van der Waals surface area contributed by atoms with Crippen molar-refractivity contribution < 1.29 is 53.1 Å². The fourth-order valence-corrected chi connectivity index (χ4v) is 4.35. The SMILES string of the molecule is C.C.CC[C@H](C)c1noc([C@H](CC(C)=O)NC(=O)c2cccc(C(=O)O)c2)n1.NC(=O)C[C@H](NC(=O)c1cccc(C(=O)O)c1)c1nc([C@@H](N)CO)no1. The van der Waals surface area contributed by atoms with E-state index >= 15 is 0 Å². The van der Waals surface area contributed by atoms with Crippen LogP contribution >= 0.6 is 0 Å². The van der Waals surface area contributed by atoms with Crippen molar-refractivity contribution in [2.24, 2.45) is 11.5 Å². The molecule has 3 amide bonds. The van der Waals surface area contributed by atoms with Gasteiger partial charge in [-0.25, -0.2) is 9.59 Å². The number of nitrogens with two attached hydrogens (primary N) is 2. The summed E-state index contributed by atoms with van der Waals surface area (Å²) in [6.45, 7) is 4.92. The van der Waals surface area contributed by atoms with Crippen LogP contribution in [-0.4, -0.2) is 77.7 Å². The highest BCUT2D eigenvalue weighted by atomic mass is 16.5. The van der Waals surface area contributed by atoms with E-state index in [0.717, 1.165) is 6.42 Å². The summed E-state index contributed by atoms with van der Waals surface area (Å²) in [4.78, 5) is 78.0. The molecule has 4 rings (SSSR count). The van der Waals surface area contributed by atoms with E-state index < -0.39 is 54.4 Å². The lowest BCUT2D eigenvalue weighted by molar-refractivity contribution is -0.119. The maximum Gasteiger partial charge on any atom is 0.335 e. The van der Waals surface area contributed by atoms with Crippen LogP contribution in [0, 0.1) is 0 Å². The zero-order chi connectivity index (χ0) is 38.5. The summed E-state index contributed by atoms with van der Waals surface area (Å²) < 4.78 is 10.2. The van der Waals surface area contributed by atoms with Crippen molar-refractivity contribution in [3.63, 3.8) is 0 Å². The van der Waals surface area contributed by atoms with Crippen LogP contribution in [0.2, 0.25) is 0 Å². The number of carbonyl (C=O) groups excluding carboxylic acids is 4. The largest absolute Gasteiger partial charge is 0.478 e. The summed E-state index contributed by atoms with van der Waals surface area (Å²) in [6, 6.07) is 8.25. The van der Waals surface area contributed by atoms with E-state index in [2.05, 4.69) is 30.9 Å². The zero-order valence-corrected chi connectivity index (χ0v) is 28.3. The third-order valence-corrected chi connectivity index (χ3v) is 7.34. The molecule has 0 fully saturated rings. The van der Waals surface area contributed by atoms with Crippen molar-refractivity contribution in [1.29, 1.82) is 0 Å². The van der Waals surface area contributed by atoms with Gasteiger partial charge in [0, 0.05) is 23.5 Å². The number of hydrogen-bond acceptors (Lipinski definition) is 14. The van der Waals surface area contributed by atoms with E-state index in [1.165, 1.54) is 55.5 Å². The van der Waals surface area contributed by atoms with Gasteiger partial charge in [0.05, 0.1) is 30.2 Å². The molecule has 2 aromatic carbocycles. The summed E-state index contributed by atoms with van der Waals surface area (Å²) in [5.74, 6) is -3.76. The van der Waals surface area contributed by atoms with Gasteiger partial charge >= 0.3 is 11.9 Å². The van der Waals surface area contributed by atoms with Gasteiger partial charge < -0.3 is 46.5 Å². The number of carbonyl (C=O) groups is 6. The van der Waals surface area contributed by atoms with Gasteiger partial charge in [-0.2, -0.15) is 9.97 Å². The van der Waals surface area contributed by atoms with Crippen molar-refractivity contribution in [3.05, 3.63) is 94.2 Å². The standard InChI is InChI=1S/C18H21N3O5.C15H17N5O6.2CH4/c1-4-10(2)15-20-17(26-21-15)14(8-11(3)22)19-16(23)12-6-5-7-13(9-12)18(24)25;16-9(6-21)12-19-14(26-20-12)10(5-11(17)22)18-13(23)7-2-1-3-8(4-7)15(24)25;;/h5-7,9-10,14H,4,8H2,1-3H3,(H,19,23)(H,24,25);1-4,9-10,21H,5-6,16H2,(H2,17,22)(H,18,23)(H,24,25);2*1H4/t10-,14-;9-,10-;;/m00../s1. The van der Waals surface area contributed by atoms with Crippen LogP contribution in [-0.2, 0) is 9.59 Å². The second kappa shape index (κ2) is 21.2. The maximum absolute atomic E-state index is 12.5. The number of rotatable bonds is 16. The van der Waals surface area contributed by atoms with Crippen LogP contribution in [0.5, 0.6) is 0 Å². The van der Waals surface area contributed by atoms with Crippen LogP contribution < -0.4 is 22.1 Å². The number of aliphatic hydroxyl groups excluding tert-OH is 1. The van der Waals surface area contributed by atoms with Gasteiger partial charge in [-0.15, -0.1) is 0 Å².